The quantitative estimate of drug-likeness (QED) is 0.525. The fourth-order valence-corrected chi connectivity index (χ4v) is 2.08. The molecule has 0 saturated carbocycles. The summed E-state index contributed by atoms with van der Waals surface area (Å²) < 4.78 is 0. The van der Waals surface area contributed by atoms with E-state index in [2.05, 4.69) is 60.3 Å². The van der Waals surface area contributed by atoms with Crippen molar-refractivity contribution in [1.29, 1.82) is 0 Å². The molecule has 0 N–H and O–H groups in total. The van der Waals surface area contributed by atoms with Crippen LogP contribution in [0, 0.1) is 17.3 Å². The standard InChI is InChI=1S/C15H28/c1-8-12(4)11-14(6)15(7,10-3)13(5)9-2/h9-10,12,14H,3,8,11H2,1-2,4-7H3. The minimum Gasteiger partial charge on any atom is -0.102 e. The lowest BCUT2D eigenvalue weighted by atomic mass is 9.69. The average Bonchev–Trinajstić information content (AvgIpc) is 2.26. The molecule has 0 saturated heterocycles. The summed E-state index contributed by atoms with van der Waals surface area (Å²) in [6.45, 7) is 17.6. The second-order valence-electron chi connectivity index (χ2n) is 5.11. The molecule has 88 valence electrons. The molecule has 15 heavy (non-hydrogen) atoms. The summed E-state index contributed by atoms with van der Waals surface area (Å²) in [5.41, 5.74) is 1.60. The lowest BCUT2D eigenvalue weighted by molar-refractivity contribution is 0.269. The molecule has 0 aliphatic carbocycles. The van der Waals surface area contributed by atoms with E-state index in [0.29, 0.717) is 5.92 Å². The van der Waals surface area contributed by atoms with Crippen LogP contribution in [0.4, 0.5) is 0 Å². The van der Waals surface area contributed by atoms with E-state index in [-0.39, 0.29) is 5.41 Å². The van der Waals surface area contributed by atoms with Gasteiger partial charge in [-0.25, -0.2) is 0 Å². The van der Waals surface area contributed by atoms with Crippen LogP contribution >= 0.6 is 0 Å². The molecule has 0 radical (unpaired) electrons. The molecule has 0 spiro atoms. The Morgan fingerprint density at radius 3 is 2.27 bits per heavy atom. The highest BCUT2D eigenvalue weighted by Gasteiger charge is 2.29. The first kappa shape index (κ1) is 14.5. The summed E-state index contributed by atoms with van der Waals surface area (Å²) in [4.78, 5) is 0. The summed E-state index contributed by atoms with van der Waals surface area (Å²) in [6, 6.07) is 0. The van der Waals surface area contributed by atoms with Gasteiger partial charge in [-0.05, 0) is 32.1 Å². The van der Waals surface area contributed by atoms with E-state index in [1.165, 1.54) is 18.4 Å². The molecule has 0 aromatic carbocycles. The van der Waals surface area contributed by atoms with Crippen LogP contribution in [0.15, 0.2) is 24.3 Å². The van der Waals surface area contributed by atoms with Gasteiger partial charge in [-0.15, -0.1) is 6.58 Å². The molecule has 0 bridgehead atoms. The van der Waals surface area contributed by atoms with Crippen molar-refractivity contribution in [3.63, 3.8) is 0 Å². The van der Waals surface area contributed by atoms with Gasteiger partial charge in [0.05, 0.1) is 0 Å². The van der Waals surface area contributed by atoms with Crippen LogP contribution in [0.2, 0.25) is 0 Å². The van der Waals surface area contributed by atoms with Crippen LogP contribution in [0.3, 0.4) is 0 Å². The van der Waals surface area contributed by atoms with Crippen LogP contribution in [0.1, 0.15) is 54.4 Å². The Labute approximate surface area is 96.5 Å². The lowest BCUT2D eigenvalue weighted by Crippen LogP contribution is -2.25. The predicted molar refractivity (Wildman–Crippen MR) is 71.0 cm³/mol. The molecule has 0 heterocycles. The van der Waals surface area contributed by atoms with Crippen LogP contribution in [-0.4, -0.2) is 0 Å². The molecular formula is C15H28. The first-order chi connectivity index (χ1) is 6.92. The van der Waals surface area contributed by atoms with E-state index in [1.54, 1.807) is 0 Å². The van der Waals surface area contributed by atoms with Gasteiger partial charge >= 0.3 is 0 Å². The van der Waals surface area contributed by atoms with Crippen molar-refractivity contribution in [1.82, 2.24) is 0 Å². The van der Waals surface area contributed by atoms with Gasteiger partial charge in [0.1, 0.15) is 0 Å². The molecule has 0 aliphatic rings. The minimum absolute atomic E-state index is 0.165. The Bertz CT molecular complexity index is 224. The number of rotatable bonds is 6. The lowest BCUT2D eigenvalue weighted by Gasteiger charge is -2.35. The maximum absolute atomic E-state index is 4.02. The number of hydrogen-bond donors (Lipinski definition) is 0. The van der Waals surface area contributed by atoms with Crippen LogP contribution < -0.4 is 0 Å². The Balaban J connectivity index is 4.73. The van der Waals surface area contributed by atoms with Gasteiger partial charge in [-0.2, -0.15) is 0 Å². The fraction of sp³-hybridized carbons (Fsp3) is 0.733. The van der Waals surface area contributed by atoms with E-state index >= 15 is 0 Å². The summed E-state index contributed by atoms with van der Waals surface area (Å²) in [6.07, 6.45) is 6.89. The Kier molecular flexibility index (Phi) is 5.93. The first-order valence-corrected chi connectivity index (χ1v) is 6.19. The monoisotopic (exact) mass is 208 g/mol. The van der Waals surface area contributed by atoms with Crippen LogP contribution in [0.25, 0.3) is 0 Å². The van der Waals surface area contributed by atoms with Crippen LogP contribution in [-0.2, 0) is 0 Å². The molecular weight excluding hydrogens is 180 g/mol. The maximum atomic E-state index is 4.02. The van der Waals surface area contributed by atoms with E-state index in [9.17, 15) is 0 Å². The molecule has 0 aromatic rings. The molecule has 0 amide bonds. The number of hydrogen-bond acceptors (Lipinski definition) is 0. The van der Waals surface area contributed by atoms with E-state index < -0.39 is 0 Å². The topological polar surface area (TPSA) is 0 Å². The smallest absolute Gasteiger partial charge is 0.00826 e. The molecule has 0 nitrogen and oxygen atoms in total. The van der Waals surface area contributed by atoms with Gasteiger partial charge in [0.15, 0.2) is 0 Å². The van der Waals surface area contributed by atoms with Crippen LogP contribution in [0.5, 0.6) is 0 Å². The molecule has 3 atom stereocenters. The highest BCUT2D eigenvalue weighted by molar-refractivity contribution is 5.18. The molecule has 0 aromatic heterocycles. The second-order valence-corrected chi connectivity index (χ2v) is 5.11. The van der Waals surface area contributed by atoms with Gasteiger partial charge in [-0.1, -0.05) is 51.8 Å². The second kappa shape index (κ2) is 6.15. The van der Waals surface area contributed by atoms with Gasteiger partial charge in [0.25, 0.3) is 0 Å². The summed E-state index contributed by atoms with van der Waals surface area (Å²) in [5, 5.41) is 0. The van der Waals surface area contributed by atoms with Crippen molar-refractivity contribution < 1.29 is 0 Å². The average molecular weight is 208 g/mol. The van der Waals surface area contributed by atoms with Crippen molar-refractivity contribution >= 4 is 0 Å². The third-order valence-electron chi connectivity index (χ3n) is 4.18. The summed E-state index contributed by atoms with van der Waals surface area (Å²) in [5.74, 6) is 1.48. The highest BCUT2D eigenvalue weighted by atomic mass is 14.3. The van der Waals surface area contributed by atoms with E-state index in [4.69, 9.17) is 0 Å². The minimum atomic E-state index is 0.165. The zero-order chi connectivity index (χ0) is 12.1. The predicted octanol–water partition coefficient (Wildman–Crippen LogP) is 5.22. The van der Waals surface area contributed by atoms with Crippen molar-refractivity contribution in [3.05, 3.63) is 24.3 Å². The Morgan fingerprint density at radius 1 is 1.40 bits per heavy atom. The van der Waals surface area contributed by atoms with Gasteiger partial charge < -0.3 is 0 Å². The SMILES string of the molecule is C=CC(C)(C(C)=CC)C(C)CC(C)CC. The summed E-state index contributed by atoms with van der Waals surface area (Å²) in [7, 11) is 0. The maximum Gasteiger partial charge on any atom is 0.00826 e. The van der Waals surface area contributed by atoms with Crippen molar-refractivity contribution in [3.8, 4) is 0 Å². The normalized spacial score (nSPS) is 20.5. The van der Waals surface area contributed by atoms with E-state index in [0.717, 1.165) is 5.92 Å². The third kappa shape index (κ3) is 3.52. The highest BCUT2D eigenvalue weighted by Crippen LogP contribution is 2.39. The Morgan fingerprint density at radius 2 is 1.93 bits per heavy atom. The zero-order valence-electron chi connectivity index (χ0n) is 11.4. The molecule has 0 rings (SSSR count). The number of allylic oxidation sites excluding steroid dienone is 3. The van der Waals surface area contributed by atoms with Crippen molar-refractivity contribution in [2.45, 2.75) is 54.4 Å². The van der Waals surface area contributed by atoms with Gasteiger partial charge in [0.2, 0.25) is 0 Å². The third-order valence-corrected chi connectivity index (χ3v) is 4.18. The largest absolute Gasteiger partial charge is 0.102 e. The molecule has 0 heteroatoms. The van der Waals surface area contributed by atoms with E-state index in [1.807, 2.05) is 0 Å². The zero-order valence-corrected chi connectivity index (χ0v) is 11.4. The fourth-order valence-electron chi connectivity index (χ4n) is 2.08. The van der Waals surface area contributed by atoms with Crippen molar-refractivity contribution in [2.75, 3.05) is 0 Å². The Hall–Kier alpha value is -0.520. The molecule has 3 unspecified atom stereocenters. The van der Waals surface area contributed by atoms with Gasteiger partial charge in [0, 0.05) is 5.41 Å². The summed E-state index contributed by atoms with van der Waals surface area (Å²) >= 11 is 0. The van der Waals surface area contributed by atoms with Crippen molar-refractivity contribution in [2.24, 2.45) is 17.3 Å². The van der Waals surface area contributed by atoms with Gasteiger partial charge in [-0.3, -0.25) is 0 Å². The molecule has 0 aliphatic heterocycles. The molecule has 0 fully saturated rings. The first-order valence-electron chi connectivity index (χ1n) is 6.19.